The molecule has 1 aliphatic carbocycles. The normalized spacial score (nSPS) is 14.6. The minimum absolute atomic E-state index is 0.0300. The highest BCUT2D eigenvalue weighted by molar-refractivity contribution is 6.30. The van der Waals surface area contributed by atoms with Crippen molar-refractivity contribution in [1.29, 1.82) is 0 Å². The van der Waals surface area contributed by atoms with Gasteiger partial charge in [0.2, 0.25) is 0 Å². The lowest BCUT2D eigenvalue weighted by atomic mass is 9.96. The van der Waals surface area contributed by atoms with E-state index in [1.807, 2.05) is 6.20 Å². The van der Waals surface area contributed by atoms with Gasteiger partial charge in [0.05, 0.1) is 0 Å². The Kier molecular flexibility index (Phi) is 5.74. The van der Waals surface area contributed by atoms with Crippen LogP contribution in [-0.2, 0) is 4.79 Å². The first-order valence-corrected chi connectivity index (χ1v) is 7.22. The third-order valence-electron chi connectivity index (χ3n) is 3.17. The van der Waals surface area contributed by atoms with Gasteiger partial charge in [-0.1, -0.05) is 23.6 Å². The highest BCUT2D eigenvalue weighted by Gasteiger charge is 2.05. The fourth-order valence-electron chi connectivity index (χ4n) is 2.08. The van der Waals surface area contributed by atoms with Gasteiger partial charge in [0.15, 0.2) is 6.61 Å². The zero-order valence-corrected chi connectivity index (χ0v) is 12.1. The lowest BCUT2D eigenvalue weighted by Crippen LogP contribution is -2.37. The fraction of sp³-hybridized carbons (Fsp3) is 0.400. The van der Waals surface area contributed by atoms with Gasteiger partial charge >= 0.3 is 0 Å². The lowest BCUT2D eigenvalue weighted by Gasteiger charge is -2.14. The Hall–Kier alpha value is -1.68. The smallest absolute Gasteiger partial charge is 0.276 e. The standard InChI is InChI=1S/C15H19ClN2O2/c16-13-6-8-14(9-7-13)20-11-15(19)18-17-10-12-4-2-1-3-5-12/h6-10,17H,1-5,11H2,(H,18,19). The second-order valence-corrected chi connectivity index (χ2v) is 5.23. The first kappa shape index (κ1) is 14.7. The maximum atomic E-state index is 11.6. The molecule has 0 spiro atoms. The second-order valence-electron chi connectivity index (χ2n) is 4.80. The van der Waals surface area contributed by atoms with Crippen molar-refractivity contribution in [1.82, 2.24) is 10.9 Å². The van der Waals surface area contributed by atoms with Crippen molar-refractivity contribution < 1.29 is 9.53 Å². The van der Waals surface area contributed by atoms with Crippen molar-refractivity contribution in [2.24, 2.45) is 0 Å². The highest BCUT2D eigenvalue weighted by Crippen LogP contribution is 2.21. The van der Waals surface area contributed by atoms with E-state index in [2.05, 4.69) is 10.9 Å². The van der Waals surface area contributed by atoms with Gasteiger partial charge in [0, 0.05) is 11.2 Å². The minimum Gasteiger partial charge on any atom is -0.484 e. The zero-order chi connectivity index (χ0) is 14.2. The van der Waals surface area contributed by atoms with Crippen LogP contribution in [0.25, 0.3) is 0 Å². The van der Waals surface area contributed by atoms with E-state index in [1.165, 1.54) is 24.8 Å². The number of nitrogens with one attached hydrogen (secondary N) is 2. The number of rotatable bonds is 5. The Bertz CT molecular complexity index is 463. The van der Waals surface area contributed by atoms with Crippen molar-refractivity contribution in [3.8, 4) is 5.75 Å². The SMILES string of the molecule is O=C(COc1ccc(Cl)cc1)NNC=C1CCCCC1. The summed E-state index contributed by atoms with van der Waals surface area (Å²) in [5.41, 5.74) is 6.79. The molecule has 1 aromatic carbocycles. The molecule has 1 amide bonds. The van der Waals surface area contributed by atoms with E-state index in [9.17, 15) is 4.79 Å². The predicted octanol–water partition coefficient (Wildman–Crippen LogP) is 3.19. The number of hydrogen-bond donors (Lipinski definition) is 2. The molecule has 2 N–H and O–H groups in total. The number of benzene rings is 1. The van der Waals surface area contributed by atoms with E-state index < -0.39 is 0 Å². The van der Waals surface area contributed by atoms with Crippen LogP contribution in [0.1, 0.15) is 32.1 Å². The van der Waals surface area contributed by atoms with Crippen LogP contribution in [0.15, 0.2) is 36.0 Å². The first-order valence-electron chi connectivity index (χ1n) is 6.85. The topological polar surface area (TPSA) is 50.4 Å². The molecule has 5 heteroatoms. The Balaban J connectivity index is 1.66. The Labute approximate surface area is 124 Å². The van der Waals surface area contributed by atoms with E-state index in [0.29, 0.717) is 10.8 Å². The van der Waals surface area contributed by atoms with Crippen LogP contribution in [0.3, 0.4) is 0 Å². The molecule has 108 valence electrons. The maximum absolute atomic E-state index is 11.6. The third kappa shape index (κ3) is 5.13. The summed E-state index contributed by atoms with van der Waals surface area (Å²) in [5, 5.41) is 0.641. The van der Waals surface area contributed by atoms with Gasteiger partial charge in [0.1, 0.15) is 5.75 Å². The van der Waals surface area contributed by atoms with Crippen molar-refractivity contribution in [3.05, 3.63) is 41.1 Å². The average Bonchev–Trinajstić information content (AvgIpc) is 2.48. The van der Waals surface area contributed by atoms with E-state index >= 15 is 0 Å². The van der Waals surface area contributed by atoms with Gasteiger partial charge in [0.25, 0.3) is 5.91 Å². The van der Waals surface area contributed by atoms with Gasteiger partial charge in [-0.3, -0.25) is 10.2 Å². The summed E-state index contributed by atoms with van der Waals surface area (Å²) in [6.07, 6.45) is 7.90. The predicted molar refractivity (Wildman–Crippen MR) is 79.4 cm³/mol. The number of halogens is 1. The molecule has 2 rings (SSSR count). The average molecular weight is 295 g/mol. The highest BCUT2D eigenvalue weighted by atomic mass is 35.5. The van der Waals surface area contributed by atoms with Crippen LogP contribution >= 0.6 is 11.6 Å². The molecule has 0 saturated heterocycles. The largest absolute Gasteiger partial charge is 0.484 e. The summed E-state index contributed by atoms with van der Waals surface area (Å²) >= 11 is 5.77. The number of allylic oxidation sites excluding steroid dienone is 1. The molecule has 0 aliphatic heterocycles. The number of ether oxygens (including phenoxy) is 1. The molecule has 4 nitrogen and oxygen atoms in total. The van der Waals surface area contributed by atoms with Gasteiger partial charge < -0.3 is 10.2 Å². The number of carbonyl (C=O) groups is 1. The van der Waals surface area contributed by atoms with E-state index in [-0.39, 0.29) is 12.5 Å². The van der Waals surface area contributed by atoms with Crippen molar-refractivity contribution in [2.45, 2.75) is 32.1 Å². The van der Waals surface area contributed by atoms with Gasteiger partial charge in [-0.15, -0.1) is 0 Å². The van der Waals surface area contributed by atoms with Crippen LogP contribution in [-0.4, -0.2) is 12.5 Å². The molecule has 20 heavy (non-hydrogen) atoms. The molecule has 1 saturated carbocycles. The molecular formula is C15H19ClN2O2. The maximum Gasteiger partial charge on any atom is 0.276 e. The first-order chi connectivity index (χ1) is 9.74. The molecule has 1 aliphatic rings. The molecular weight excluding hydrogens is 276 g/mol. The van der Waals surface area contributed by atoms with Gasteiger partial charge in [-0.25, -0.2) is 0 Å². The third-order valence-corrected chi connectivity index (χ3v) is 3.42. The van der Waals surface area contributed by atoms with Crippen LogP contribution in [0, 0.1) is 0 Å². The van der Waals surface area contributed by atoms with Crippen molar-refractivity contribution >= 4 is 17.5 Å². The Morgan fingerprint density at radius 1 is 1.20 bits per heavy atom. The minimum atomic E-state index is -0.215. The number of amides is 1. The summed E-state index contributed by atoms with van der Waals surface area (Å²) in [6, 6.07) is 6.90. The lowest BCUT2D eigenvalue weighted by molar-refractivity contribution is -0.123. The molecule has 0 atom stereocenters. The molecule has 0 bridgehead atoms. The van der Waals surface area contributed by atoms with E-state index in [0.717, 1.165) is 12.8 Å². The number of carbonyl (C=O) groups excluding carboxylic acids is 1. The monoisotopic (exact) mass is 294 g/mol. The Morgan fingerprint density at radius 2 is 1.90 bits per heavy atom. The van der Waals surface area contributed by atoms with E-state index in [4.69, 9.17) is 16.3 Å². The second kappa shape index (κ2) is 7.80. The summed E-state index contributed by atoms with van der Waals surface area (Å²) in [7, 11) is 0. The van der Waals surface area contributed by atoms with Crippen LogP contribution in [0.5, 0.6) is 5.75 Å². The molecule has 0 unspecified atom stereocenters. The van der Waals surface area contributed by atoms with Crippen LogP contribution in [0.2, 0.25) is 5.02 Å². The number of hydrogen-bond acceptors (Lipinski definition) is 3. The molecule has 0 radical (unpaired) electrons. The van der Waals surface area contributed by atoms with Crippen molar-refractivity contribution in [2.75, 3.05) is 6.61 Å². The summed E-state index contributed by atoms with van der Waals surface area (Å²) in [6.45, 7) is -0.0300. The van der Waals surface area contributed by atoms with Gasteiger partial charge in [-0.2, -0.15) is 0 Å². The summed E-state index contributed by atoms with van der Waals surface area (Å²) in [4.78, 5) is 11.6. The molecule has 1 fully saturated rings. The summed E-state index contributed by atoms with van der Waals surface area (Å²) < 4.78 is 5.33. The summed E-state index contributed by atoms with van der Waals surface area (Å²) in [5.74, 6) is 0.405. The van der Waals surface area contributed by atoms with Gasteiger partial charge in [-0.05, 0) is 49.9 Å². The number of hydrazine groups is 1. The zero-order valence-electron chi connectivity index (χ0n) is 11.3. The van der Waals surface area contributed by atoms with Crippen LogP contribution in [0.4, 0.5) is 0 Å². The Morgan fingerprint density at radius 3 is 2.60 bits per heavy atom. The molecule has 0 heterocycles. The van der Waals surface area contributed by atoms with Crippen molar-refractivity contribution in [3.63, 3.8) is 0 Å². The van der Waals surface area contributed by atoms with Crippen LogP contribution < -0.4 is 15.6 Å². The van der Waals surface area contributed by atoms with E-state index in [1.54, 1.807) is 24.3 Å². The molecule has 0 aromatic heterocycles. The quantitative estimate of drug-likeness (QED) is 0.820. The fourth-order valence-corrected chi connectivity index (χ4v) is 2.21. The molecule has 1 aromatic rings.